The van der Waals surface area contributed by atoms with E-state index in [1.54, 1.807) is 0 Å². The molecule has 0 radical (unpaired) electrons. The van der Waals surface area contributed by atoms with Gasteiger partial charge < -0.3 is 10.3 Å². The van der Waals surface area contributed by atoms with Crippen LogP contribution in [0.1, 0.15) is 29.9 Å². The van der Waals surface area contributed by atoms with Crippen LogP contribution in [0.3, 0.4) is 0 Å². The van der Waals surface area contributed by atoms with Gasteiger partial charge in [-0.2, -0.15) is 0 Å². The zero-order valence-corrected chi connectivity index (χ0v) is 12.7. The van der Waals surface area contributed by atoms with Crippen molar-refractivity contribution < 1.29 is 0 Å². The molecule has 1 aliphatic rings. The Kier molecular flexibility index (Phi) is 3.46. The number of imidazole rings is 1. The highest BCUT2D eigenvalue weighted by Crippen LogP contribution is 2.31. The molecule has 2 heterocycles. The molecule has 0 spiro atoms. The number of aryl methyl sites for hydroxylation is 2. The number of nitrogens with zero attached hydrogens (tertiary/aromatic N) is 2. The van der Waals surface area contributed by atoms with Gasteiger partial charge in [0.15, 0.2) is 0 Å². The zero-order valence-electron chi connectivity index (χ0n) is 11.1. The molecular weight excluding hydrogens is 302 g/mol. The van der Waals surface area contributed by atoms with Gasteiger partial charge in [-0.15, -0.1) is 0 Å². The summed E-state index contributed by atoms with van der Waals surface area (Å²) in [4.78, 5) is 4.86. The first-order valence-corrected chi connectivity index (χ1v) is 7.55. The summed E-state index contributed by atoms with van der Waals surface area (Å²) in [5.41, 5.74) is 10.7. The highest BCUT2D eigenvalue weighted by Gasteiger charge is 2.20. The highest BCUT2D eigenvalue weighted by atomic mass is 79.9. The second kappa shape index (κ2) is 5.10. The van der Waals surface area contributed by atoms with Gasteiger partial charge in [0.1, 0.15) is 5.82 Å². The largest absolute Gasteiger partial charge is 0.330 e. The average molecular weight is 320 g/mol. The summed E-state index contributed by atoms with van der Waals surface area (Å²) in [5, 5.41) is 0. The molecule has 0 saturated carbocycles. The maximum absolute atomic E-state index is 5.97. The number of fused-ring (bicyclic) bond motifs is 1. The van der Waals surface area contributed by atoms with E-state index in [0.29, 0.717) is 6.54 Å². The van der Waals surface area contributed by atoms with Crippen LogP contribution in [0.2, 0.25) is 0 Å². The van der Waals surface area contributed by atoms with Crippen LogP contribution in [0.4, 0.5) is 0 Å². The van der Waals surface area contributed by atoms with E-state index >= 15 is 0 Å². The van der Waals surface area contributed by atoms with E-state index in [4.69, 9.17) is 10.7 Å². The number of hydrogen-bond acceptors (Lipinski definition) is 2. The predicted octanol–water partition coefficient (Wildman–Crippen LogP) is 3.42. The molecule has 0 saturated heterocycles. The SMILES string of the molecule is Cc1ccc(Br)cc1-c1nc2n(c1CN)CCCC2. The number of halogens is 1. The molecule has 3 rings (SSSR count). The van der Waals surface area contributed by atoms with Crippen LogP contribution < -0.4 is 5.73 Å². The molecule has 100 valence electrons. The van der Waals surface area contributed by atoms with Crippen molar-refractivity contribution in [1.82, 2.24) is 9.55 Å². The summed E-state index contributed by atoms with van der Waals surface area (Å²) in [7, 11) is 0. The van der Waals surface area contributed by atoms with Crippen LogP contribution in [0.25, 0.3) is 11.3 Å². The van der Waals surface area contributed by atoms with E-state index in [1.165, 1.54) is 35.5 Å². The summed E-state index contributed by atoms with van der Waals surface area (Å²) in [6.07, 6.45) is 3.53. The fourth-order valence-corrected chi connectivity index (χ4v) is 3.18. The predicted molar refractivity (Wildman–Crippen MR) is 80.9 cm³/mol. The van der Waals surface area contributed by atoms with E-state index < -0.39 is 0 Å². The monoisotopic (exact) mass is 319 g/mol. The van der Waals surface area contributed by atoms with Crippen LogP contribution in [0, 0.1) is 6.92 Å². The molecule has 1 aromatic carbocycles. The van der Waals surface area contributed by atoms with Crippen LogP contribution in [0.15, 0.2) is 22.7 Å². The normalized spacial score (nSPS) is 14.5. The quantitative estimate of drug-likeness (QED) is 0.921. The van der Waals surface area contributed by atoms with E-state index in [1.807, 2.05) is 0 Å². The molecule has 1 aromatic heterocycles. The molecule has 1 aliphatic heterocycles. The number of aromatic nitrogens is 2. The fourth-order valence-electron chi connectivity index (χ4n) is 2.82. The van der Waals surface area contributed by atoms with Crippen molar-refractivity contribution in [2.45, 2.75) is 39.3 Å². The molecule has 19 heavy (non-hydrogen) atoms. The van der Waals surface area contributed by atoms with Gasteiger partial charge in [-0.25, -0.2) is 4.98 Å². The van der Waals surface area contributed by atoms with E-state index in [-0.39, 0.29) is 0 Å². The van der Waals surface area contributed by atoms with Gasteiger partial charge in [-0.1, -0.05) is 22.0 Å². The lowest BCUT2D eigenvalue weighted by molar-refractivity contribution is 0.508. The lowest BCUT2D eigenvalue weighted by atomic mass is 10.0. The third kappa shape index (κ3) is 2.23. The third-order valence-electron chi connectivity index (χ3n) is 3.83. The lowest BCUT2D eigenvalue weighted by Crippen LogP contribution is -2.15. The minimum Gasteiger partial charge on any atom is -0.330 e. The zero-order chi connectivity index (χ0) is 13.4. The average Bonchev–Trinajstić information content (AvgIpc) is 2.79. The Morgan fingerprint density at radius 2 is 2.21 bits per heavy atom. The van der Waals surface area contributed by atoms with Crippen molar-refractivity contribution in [2.75, 3.05) is 0 Å². The molecule has 0 amide bonds. The molecule has 2 N–H and O–H groups in total. The summed E-state index contributed by atoms with van der Waals surface area (Å²) in [6, 6.07) is 6.33. The van der Waals surface area contributed by atoms with Crippen LogP contribution in [-0.2, 0) is 19.5 Å². The van der Waals surface area contributed by atoms with Gasteiger partial charge in [-0.3, -0.25) is 0 Å². The highest BCUT2D eigenvalue weighted by molar-refractivity contribution is 9.10. The Labute approximate surface area is 122 Å². The molecule has 0 atom stereocenters. The second-order valence-corrected chi connectivity index (χ2v) is 6.01. The Morgan fingerprint density at radius 1 is 1.37 bits per heavy atom. The van der Waals surface area contributed by atoms with Crippen LogP contribution in [-0.4, -0.2) is 9.55 Å². The second-order valence-electron chi connectivity index (χ2n) is 5.10. The lowest BCUT2D eigenvalue weighted by Gasteiger charge is -2.15. The maximum atomic E-state index is 5.97. The number of hydrogen-bond donors (Lipinski definition) is 1. The standard InChI is InChI=1S/C15H18BrN3/c1-10-5-6-11(16)8-12(10)15-13(9-17)19-7-3-2-4-14(19)18-15/h5-6,8H,2-4,7,9,17H2,1H3. The first kappa shape index (κ1) is 12.9. The topological polar surface area (TPSA) is 43.8 Å². The van der Waals surface area contributed by atoms with E-state index in [9.17, 15) is 0 Å². The van der Waals surface area contributed by atoms with E-state index in [2.05, 4.69) is 45.6 Å². The van der Waals surface area contributed by atoms with Crippen molar-refractivity contribution in [2.24, 2.45) is 5.73 Å². The Hall–Kier alpha value is -1.13. The summed E-state index contributed by atoms with van der Waals surface area (Å²) >= 11 is 3.55. The number of rotatable bonds is 2. The molecule has 2 aromatic rings. The molecule has 0 bridgehead atoms. The van der Waals surface area contributed by atoms with Crippen molar-refractivity contribution >= 4 is 15.9 Å². The fraction of sp³-hybridized carbons (Fsp3) is 0.400. The van der Waals surface area contributed by atoms with Crippen LogP contribution >= 0.6 is 15.9 Å². The molecule has 0 fully saturated rings. The summed E-state index contributed by atoms with van der Waals surface area (Å²) in [6.45, 7) is 3.73. The maximum Gasteiger partial charge on any atom is 0.109 e. The van der Waals surface area contributed by atoms with Gasteiger partial charge in [0, 0.05) is 29.5 Å². The third-order valence-corrected chi connectivity index (χ3v) is 4.33. The van der Waals surface area contributed by atoms with Crippen molar-refractivity contribution in [3.05, 3.63) is 39.8 Å². The molecule has 3 nitrogen and oxygen atoms in total. The summed E-state index contributed by atoms with van der Waals surface area (Å²) < 4.78 is 3.40. The summed E-state index contributed by atoms with van der Waals surface area (Å²) in [5.74, 6) is 1.20. The molecule has 0 aliphatic carbocycles. The van der Waals surface area contributed by atoms with Crippen molar-refractivity contribution in [3.8, 4) is 11.3 Å². The van der Waals surface area contributed by atoms with Crippen LogP contribution in [0.5, 0.6) is 0 Å². The number of nitrogens with two attached hydrogens (primary N) is 1. The van der Waals surface area contributed by atoms with E-state index in [0.717, 1.165) is 23.1 Å². The minimum atomic E-state index is 0.550. The molecule has 0 unspecified atom stereocenters. The Morgan fingerprint density at radius 3 is 3.00 bits per heavy atom. The smallest absolute Gasteiger partial charge is 0.109 e. The molecular formula is C15H18BrN3. The van der Waals surface area contributed by atoms with Gasteiger partial charge in [-0.05, 0) is 37.5 Å². The minimum absolute atomic E-state index is 0.550. The van der Waals surface area contributed by atoms with Crippen molar-refractivity contribution in [1.29, 1.82) is 0 Å². The van der Waals surface area contributed by atoms with Gasteiger partial charge >= 0.3 is 0 Å². The first-order valence-electron chi connectivity index (χ1n) is 6.75. The molecule has 4 heteroatoms. The Bertz CT molecular complexity index is 616. The van der Waals surface area contributed by atoms with Crippen molar-refractivity contribution in [3.63, 3.8) is 0 Å². The van der Waals surface area contributed by atoms with Gasteiger partial charge in [0.05, 0.1) is 11.4 Å². The Balaban J connectivity index is 2.19. The van der Waals surface area contributed by atoms with Gasteiger partial charge in [0.2, 0.25) is 0 Å². The first-order chi connectivity index (χ1) is 9.20. The van der Waals surface area contributed by atoms with Gasteiger partial charge in [0.25, 0.3) is 0 Å². The number of benzene rings is 1.